The van der Waals surface area contributed by atoms with E-state index in [2.05, 4.69) is 10.1 Å². The number of hydrogen-bond acceptors (Lipinski definition) is 4. The van der Waals surface area contributed by atoms with E-state index >= 15 is 0 Å². The first-order chi connectivity index (χ1) is 8.35. The van der Waals surface area contributed by atoms with Crippen molar-refractivity contribution in [3.05, 3.63) is 23.8 Å². The van der Waals surface area contributed by atoms with Gasteiger partial charge in [-0.05, 0) is 31.4 Å². The van der Waals surface area contributed by atoms with Gasteiger partial charge in [0.15, 0.2) is 0 Å². The SMILES string of the molecule is COc1cc(N2CCCCC2)ccc1C=NO. The monoisotopic (exact) mass is 234 g/mol. The fraction of sp³-hybridized carbons (Fsp3) is 0.462. The molecular formula is C13H18N2O2. The summed E-state index contributed by atoms with van der Waals surface area (Å²) in [6.45, 7) is 2.22. The van der Waals surface area contributed by atoms with Crippen molar-refractivity contribution in [3.63, 3.8) is 0 Å². The van der Waals surface area contributed by atoms with Crippen molar-refractivity contribution in [3.8, 4) is 5.75 Å². The molecule has 92 valence electrons. The van der Waals surface area contributed by atoms with Crippen LogP contribution < -0.4 is 9.64 Å². The van der Waals surface area contributed by atoms with Crippen molar-refractivity contribution in [2.45, 2.75) is 19.3 Å². The molecule has 1 aromatic rings. The second-order valence-electron chi connectivity index (χ2n) is 4.22. The van der Waals surface area contributed by atoms with Crippen LogP contribution in [0.5, 0.6) is 5.75 Å². The number of hydrogen-bond donors (Lipinski definition) is 1. The van der Waals surface area contributed by atoms with Crippen molar-refractivity contribution in [2.24, 2.45) is 5.16 Å². The zero-order valence-electron chi connectivity index (χ0n) is 10.1. The van der Waals surface area contributed by atoms with Gasteiger partial charge in [0, 0.05) is 30.4 Å². The third-order valence-electron chi connectivity index (χ3n) is 3.14. The first-order valence-electron chi connectivity index (χ1n) is 5.95. The first kappa shape index (κ1) is 11.8. The number of anilines is 1. The molecule has 1 aromatic carbocycles. The van der Waals surface area contributed by atoms with Gasteiger partial charge in [0.1, 0.15) is 5.75 Å². The minimum Gasteiger partial charge on any atom is -0.496 e. The molecule has 1 heterocycles. The Morgan fingerprint density at radius 1 is 1.29 bits per heavy atom. The summed E-state index contributed by atoms with van der Waals surface area (Å²) in [6, 6.07) is 5.97. The van der Waals surface area contributed by atoms with E-state index < -0.39 is 0 Å². The van der Waals surface area contributed by atoms with Crippen LogP contribution in [0.4, 0.5) is 5.69 Å². The molecule has 0 atom stereocenters. The number of rotatable bonds is 3. The number of methoxy groups -OCH3 is 1. The summed E-state index contributed by atoms with van der Waals surface area (Å²) in [5.41, 5.74) is 1.97. The van der Waals surface area contributed by atoms with Gasteiger partial charge in [-0.15, -0.1) is 0 Å². The lowest BCUT2D eigenvalue weighted by Gasteiger charge is -2.29. The highest BCUT2D eigenvalue weighted by molar-refractivity contribution is 5.84. The average Bonchev–Trinajstić information content (AvgIpc) is 2.40. The smallest absolute Gasteiger partial charge is 0.129 e. The van der Waals surface area contributed by atoms with Crippen molar-refractivity contribution in [1.82, 2.24) is 0 Å². The van der Waals surface area contributed by atoms with Gasteiger partial charge in [-0.25, -0.2) is 0 Å². The highest BCUT2D eigenvalue weighted by Crippen LogP contribution is 2.26. The topological polar surface area (TPSA) is 45.1 Å². The number of benzene rings is 1. The fourth-order valence-corrected chi connectivity index (χ4v) is 2.22. The first-order valence-corrected chi connectivity index (χ1v) is 5.95. The van der Waals surface area contributed by atoms with E-state index in [4.69, 9.17) is 9.94 Å². The normalized spacial score (nSPS) is 16.4. The van der Waals surface area contributed by atoms with Gasteiger partial charge in [-0.2, -0.15) is 0 Å². The fourth-order valence-electron chi connectivity index (χ4n) is 2.22. The minimum absolute atomic E-state index is 0.742. The summed E-state index contributed by atoms with van der Waals surface area (Å²) >= 11 is 0. The highest BCUT2D eigenvalue weighted by atomic mass is 16.5. The van der Waals surface area contributed by atoms with E-state index in [1.807, 2.05) is 18.2 Å². The highest BCUT2D eigenvalue weighted by Gasteiger charge is 2.12. The standard InChI is InChI=1S/C13H18N2O2/c1-17-13-9-12(6-5-11(13)10-14-16)15-7-3-2-4-8-15/h5-6,9-10,16H,2-4,7-8H2,1H3. The molecule has 1 saturated heterocycles. The third kappa shape index (κ3) is 2.70. The summed E-state index contributed by atoms with van der Waals surface area (Å²) in [4.78, 5) is 2.37. The molecule has 0 aromatic heterocycles. The van der Waals surface area contributed by atoms with E-state index in [1.165, 1.54) is 31.2 Å². The molecule has 1 fully saturated rings. The van der Waals surface area contributed by atoms with Crippen LogP contribution in [0.1, 0.15) is 24.8 Å². The minimum atomic E-state index is 0.742. The number of piperidine rings is 1. The zero-order chi connectivity index (χ0) is 12.1. The molecule has 4 nitrogen and oxygen atoms in total. The predicted molar refractivity (Wildman–Crippen MR) is 68.4 cm³/mol. The van der Waals surface area contributed by atoms with Gasteiger partial charge < -0.3 is 14.8 Å². The van der Waals surface area contributed by atoms with Crippen molar-refractivity contribution in [2.75, 3.05) is 25.1 Å². The Kier molecular flexibility index (Phi) is 3.85. The van der Waals surface area contributed by atoms with Crippen LogP contribution in [0.25, 0.3) is 0 Å². The molecule has 0 bridgehead atoms. The lowest BCUT2D eigenvalue weighted by molar-refractivity contribution is 0.321. The molecule has 17 heavy (non-hydrogen) atoms. The molecule has 0 radical (unpaired) electrons. The van der Waals surface area contributed by atoms with Gasteiger partial charge in [0.25, 0.3) is 0 Å². The molecule has 2 rings (SSSR count). The molecule has 1 aliphatic heterocycles. The summed E-state index contributed by atoms with van der Waals surface area (Å²) in [5.74, 6) is 0.742. The van der Waals surface area contributed by atoms with Gasteiger partial charge in [-0.3, -0.25) is 0 Å². The van der Waals surface area contributed by atoms with Crippen LogP contribution in [-0.4, -0.2) is 31.6 Å². The van der Waals surface area contributed by atoms with E-state index in [1.54, 1.807) is 7.11 Å². The predicted octanol–water partition coefficient (Wildman–Crippen LogP) is 2.49. The molecule has 1 N–H and O–H groups in total. The van der Waals surface area contributed by atoms with Gasteiger partial charge in [0.05, 0.1) is 13.3 Å². The Balaban J connectivity index is 2.23. The van der Waals surface area contributed by atoms with Crippen LogP contribution in [0, 0.1) is 0 Å². The Labute approximate surface area is 101 Å². The van der Waals surface area contributed by atoms with Gasteiger partial charge in [0.2, 0.25) is 0 Å². The lowest BCUT2D eigenvalue weighted by Crippen LogP contribution is -2.29. The Morgan fingerprint density at radius 3 is 2.71 bits per heavy atom. The third-order valence-corrected chi connectivity index (χ3v) is 3.14. The Hall–Kier alpha value is -1.71. The van der Waals surface area contributed by atoms with E-state index in [9.17, 15) is 0 Å². The van der Waals surface area contributed by atoms with Crippen LogP contribution in [0.3, 0.4) is 0 Å². The molecule has 0 amide bonds. The van der Waals surface area contributed by atoms with Crippen molar-refractivity contribution >= 4 is 11.9 Å². The summed E-state index contributed by atoms with van der Waals surface area (Å²) < 4.78 is 5.30. The van der Waals surface area contributed by atoms with Gasteiger partial charge in [-0.1, -0.05) is 5.16 Å². The number of oxime groups is 1. The summed E-state index contributed by atoms with van der Waals surface area (Å²) in [7, 11) is 1.63. The largest absolute Gasteiger partial charge is 0.496 e. The molecule has 0 aliphatic carbocycles. The molecular weight excluding hydrogens is 216 g/mol. The molecule has 1 aliphatic rings. The molecule has 0 saturated carbocycles. The second kappa shape index (κ2) is 5.57. The van der Waals surface area contributed by atoms with Crippen LogP contribution in [0.15, 0.2) is 23.4 Å². The maximum absolute atomic E-state index is 8.56. The molecule has 0 spiro atoms. The average molecular weight is 234 g/mol. The van der Waals surface area contributed by atoms with E-state index in [0.717, 1.165) is 24.4 Å². The van der Waals surface area contributed by atoms with E-state index in [0.29, 0.717) is 0 Å². The lowest BCUT2D eigenvalue weighted by atomic mass is 10.1. The zero-order valence-corrected chi connectivity index (χ0v) is 10.1. The van der Waals surface area contributed by atoms with Crippen LogP contribution in [0.2, 0.25) is 0 Å². The van der Waals surface area contributed by atoms with Gasteiger partial charge >= 0.3 is 0 Å². The van der Waals surface area contributed by atoms with Crippen LogP contribution in [-0.2, 0) is 0 Å². The quantitative estimate of drug-likeness (QED) is 0.496. The maximum Gasteiger partial charge on any atom is 0.129 e. The van der Waals surface area contributed by atoms with Crippen molar-refractivity contribution in [1.29, 1.82) is 0 Å². The summed E-state index contributed by atoms with van der Waals surface area (Å²) in [5, 5.41) is 11.6. The number of ether oxygens (including phenoxy) is 1. The van der Waals surface area contributed by atoms with Crippen molar-refractivity contribution < 1.29 is 9.94 Å². The Bertz CT molecular complexity index is 398. The molecule has 4 heteroatoms. The van der Waals surface area contributed by atoms with Crippen LogP contribution >= 0.6 is 0 Å². The number of nitrogens with zero attached hydrogens (tertiary/aromatic N) is 2. The Morgan fingerprint density at radius 2 is 2.06 bits per heavy atom. The summed E-state index contributed by atoms with van der Waals surface area (Å²) in [6.07, 6.45) is 5.21. The second-order valence-corrected chi connectivity index (χ2v) is 4.22. The maximum atomic E-state index is 8.56. The van der Waals surface area contributed by atoms with E-state index in [-0.39, 0.29) is 0 Å². The molecule has 0 unspecified atom stereocenters.